The molecule has 0 fully saturated rings. The van der Waals surface area contributed by atoms with E-state index in [9.17, 15) is 18.4 Å². The Morgan fingerprint density at radius 2 is 1.56 bits per heavy atom. The molecule has 3 aromatic rings. The van der Waals surface area contributed by atoms with Gasteiger partial charge < -0.3 is 5.32 Å². The lowest BCUT2D eigenvalue weighted by Crippen LogP contribution is -2.33. The average Bonchev–Trinajstić information content (AvgIpc) is 2.96. The number of hydrogen-bond acceptors (Lipinski definition) is 3. The largest absolute Gasteiger partial charge is 0.350 e. The fraction of sp³-hybridized carbons (Fsp3) is 0.154. The summed E-state index contributed by atoms with van der Waals surface area (Å²) in [5, 5.41) is 3.12. The lowest BCUT2D eigenvalue weighted by atomic mass is 9.97. The minimum Gasteiger partial charge on any atom is -0.350 e. The summed E-state index contributed by atoms with van der Waals surface area (Å²) in [4.78, 5) is 27.7. The van der Waals surface area contributed by atoms with Gasteiger partial charge in [0.05, 0.1) is 11.3 Å². The number of carbonyl (C=O) groups excluding carboxylic acids is 2. The van der Waals surface area contributed by atoms with E-state index in [1.807, 2.05) is 58.0 Å². The minimum absolute atomic E-state index is 0.0550. The van der Waals surface area contributed by atoms with Gasteiger partial charge in [-0.05, 0) is 68.1 Å². The van der Waals surface area contributed by atoms with Crippen LogP contribution in [0.2, 0.25) is 0 Å². The van der Waals surface area contributed by atoms with Gasteiger partial charge in [0.1, 0.15) is 17.3 Å². The molecule has 4 nitrogen and oxygen atoms in total. The average molecular weight is 432 g/mol. The van der Waals surface area contributed by atoms with Crippen LogP contribution in [0.1, 0.15) is 27.8 Å². The second-order valence-electron chi connectivity index (χ2n) is 7.98. The minimum atomic E-state index is -0.986. The summed E-state index contributed by atoms with van der Waals surface area (Å²) in [5.74, 6) is -3.14. The van der Waals surface area contributed by atoms with Gasteiger partial charge >= 0.3 is 0 Å². The van der Waals surface area contributed by atoms with E-state index in [1.54, 1.807) is 6.07 Å². The van der Waals surface area contributed by atoms with Gasteiger partial charge in [0, 0.05) is 11.8 Å². The van der Waals surface area contributed by atoms with Gasteiger partial charge in [-0.15, -0.1) is 0 Å². The molecule has 2 amide bonds. The highest BCUT2D eigenvalue weighted by molar-refractivity contribution is 6.46. The van der Waals surface area contributed by atoms with E-state index < -0.39 is 23.4 Å². The Hall–Kier alpha value is -3.80. The summed E-state index contributed by atoms with van der Waals surface area (Å²) in [6.07, 6.45) is 0. The number of imide groups is 1. The Balaban J connectivity index is 1.90. The van der Waals surface area contributed by atoms with Gasteiger partial charge in [-0.2, -0.15) is 0 Å². The smallest absolute Gasteiger partial charge is 0.282 e. The van der Waals surface area contributed by atoms with Gasteiger partial charge in [0.15, 0.2) is 0 Å². The first-order chi connectivity index (χ1) is 15.2. The molecule has 3 aromatic carbocycles. The molecular weight excluding hydrogens is 410 g/mol. The molecule has 0 saturated carbocycles. The molecule has 6 heteroatoms. The highest BCUT2D eigenvalue weighted by Gasteiger charge is 2.42. The standard InChI is InChI=1S/C26H22F2N2O2/c1-14-8-10-19(16(3)12-14)23-24(29-21-7-5-6-15(2)17(21)4)26(32)30(25(23)31)22-11-9-18(27)13-20(22)28/h5-13,29H,1-4H3. The van der Waals surface area contributed by atoms with Crippen LogP contribution >= 0.6 is 0 Å². The topological polar surface area (TPSA) is 49.4 Å². The van der Waals surface area contributed by atoms with Crippen molar-refractivity contribution in [3.63, 3.8) is 0 Å². The summed E-state index contributed by atoms with van der Waals surface area (Å²) in [6.45, 7) is 7.64. The lowest BCUT2D eigenvalue weighted by molar-refractivity contribution is -0.120. The van der Waals surface area contributed by atoms with Crippen molar-refractivity contribution in [3.8, 4) is 0 Å². The van der Waals surface area contributed by atoms with Crippen LogP contribution in [0.15, 0.2) is 60.3 Å². The predicted molar refractivity (Wildman–Crippen MR) is 121 cm³/mol. The molecule has 162 valence electrons. The number of nitrogens with one attached hydrogen (secondary N) is 1. The fourth-order valence-corrected chi connectivity index (χ4v) is 3.89. The SMILES string of the molecule is Cc1ccc(C2=C(Nc3cccc(C)c3C)C(=O)N(c3ccc(F)cc3F)C2=O)c(C)c1. The molecule has 0 unspecified atom stereocenters. The van der Waals surface area contributed by atoms with Crippen LogP contribution in [0.25, 0.3) is 5.57 Å². The van der Waals surface area contributed by atoms with Crippen molar-refractivity contribution in [1.82, 2.24) is 0 Å². The molecule has 0 radical (unpaired) electrons. The highest BCUT2D eigenvalue weighted by atomic mass is 19.1. The van der Waals surface area contributed by atoms with Crippen molar-refractivity contribution < 1.29 is 18.4 Å². The van der Waals surface area contributed by atoms with Gasteiger partial charge in [-0.25, -0.2) is 13.7 Å². The Bertz CT molecular complexity index is 1310. The normalized spacial score (nSPS) is 13.9. The van der Waals surface area contributed by atoms with Crippen molar-refractivity contribution in [3.05, 3.63) is 99.7 Å². The van der Waals surface area contributed by atoms with Crippen LogP contribution in [0.5, 0.6) is 0 Å². The van der Waals surface area contributed by atoms with E-state index in [1.165, 1.54) is 0 Å². The third-order valence-corrected chi connectivity index (χ3v) is 5.75. The van der Waals surface area contributed by atoms with Crippen molar-refractivity contribution in [1.29, 1.82) is 0 Å². The molecule has 0 spiro atoms. The summed E-state index contributed by atoms with van der Waals surface area (Å²) in [7, 11) is 0. The number of anilines is 2. The molecule has 0 bridgehead atoms. The van der Waals surface area contributed by atoms with E-state index in [-0.39, 0.29) is 17.0 Å². The highest BCUT2D eigenvalue weighted by Crippen LogP contribution is 2.36. The van der Waals surface area contributed by atoms with E-state index >= 15 is 0 Å². The Morgan fingerprint density at radius 1 is 0.812 bits per heavy atom. The van der Waals surface area contributed by atoms with Crippen molar-refractivity contribution >= 4 is 28.8 Å². The number of benzene rings is 3. The quantitative estimate of drug-likeness (QED) is 0.547. The summed E-state index contributed by atoms with van der Waals surface area (Å²) >= 11 is 0. The zero-order chi connectivity index (χ0) is 23.2. The van der Waals surface area contributed by atoms with Crippen LogP contribution in [0.4, 0.5) is 20.2 Å². The summed E-state index contributed by atoms with van der Waals surface area (Å²) in [6, 6.07) is 13.9. The maximum atomic E-state index is 14.6. The number of carbonyl (C=O) groups is 2. The summed E-state index contributed by atoms with van der Waals surface area (Å²) in [5.41, 5.74) is 4.92. The number of rotatable bonds is 4. The molecular formula is C26H22F2N2O2. The van der Waals surface area contributed by atoms with E-state index in [2.05, 4.69) is 5.32 Å². The van der Waals surface area contributed by atoms with Crippen molar-refractivity contribution in [2.24, 2.45) is 0 Å². The fourth-order valence-electron chi connectivity index (χ4n) is 3.89. The Labute approximate surface area is 185 Å². The van der Waals surface area contributed by atoms with Gasteiger partial charge in [0.25, 0.3) is 11.8 Å². The number of aryl methyl sites for hydroxylation is 3. The molecule has 32 heavy (non-hydrogen) atoms. The Kier molecular flexibility index (Phi) is 5.38. The van der Waals surface area contributed by atoms with Gasteiger partial charge in [-0.1, -0.05) is 35.9 Å². The monoisotopic (exact) mass is 432 g/mol. The molecule has 1 aliphatic heterocycles. The second kappa shape index (κ2) is 8.04. The zero-order valence-corrected chi connectivity index (χ0v) is 18.2. The van der Waals surface area contributed by atoms with Crippen LogP contribution < -0.4 is 10.2 Å². The first-order valence-corrected chi connectivity index (χ1v) is 10.2. The van der Waals surface area contributed by atoms with Crippen LogP contribution in [0, 0.1) is 39.3 Å². The molecule has 0 atom stereocenters. The third-order valence-electron chi connectivity index (χ3n) is 5.75. The van der Waals surface area contributed by atoms with E-state index in [0.29, 0.717) is 17.3 Å². The molecule has 0 aliphatic carbocycles. The number of nitrogens with zero attached hydrogens (tertiary/aromatic N) is 1. The molecule has 4 rings (SSSR count). The molecule has 0 aromatic heterocycles. The Morgan fingerprint density at radius 3 is 2.25 bits per heavy atom. The first-order valence-electron chi connectivity index (χ1n) is 10.2. The number of halogens is 2. The van der Waals surface area contributed by atoms with E-state index in [0.717, 1.165) is 39.3 Å². The maximum absolute atomic E-state index is 14.6. The van der Waals surface area contributed by atoms with Gasteiger partial charge in [0.2, 0.25) is 0 Å². The zero-order valence-electron chi connectivity index (χ0n) is 18.2. The summed E-state index contributed by atoms with van der Waals surface area (Å²) < 4.78 is 28.0. The third kappa shape index (κ3) is 3.58. The van der Waals surface area contributed by atoms with Crippen LogP contribution in [-0.4, -0.2) is 11.8 Å². The molecule has 1 N–H and O–H groups in total. The van der Waals surface area contributed by atoms with E-state index in [4.69, 9.17) is 0 Å². The van der Waals surface area contributed by atoms with Gasteiger partial charge in [-0.3, -0.25) is 9.59 Å². The second-order valence-corrected chi connectivity index (χ2v) is 7.98. The molecule has 1 heterocycles. The van der Waals surface area contributed by atoms with Crippen LogP contribution in [-0.2, 0) is 9.59 Å². The number of amides is 2. The molecule has 1 aliphatic rings. The lowest BCUT2D eigenvalue weighted by Gasteiger charge is -2.17. The number of hydrogen-bond donors (Lipinski definition) is 1. The van der Waals surface area contributed by atoms with Crippen molar-refractivity contribution in [2.75, 3.05) is 10.2 Å². The van der Waals surface area contributed by atoms with Crippen molar-refractivity contribution in [2.45, 2.75) is 27.7 Å². The predicted octanol–water partition coefficient (Wildman–Crippen LogP) is 5.60. The first kappa shape index (κ1) is 21.4. The molecule has 0 saturated heterocycles. The van der Waals surface area contributed by atoms with Crippen LogP contribution in [0.3, 0.4) is 0 Å². The maximum Gasteiger partial charge on any atom is 0.282 e.